The van der Waals surface area contributed by atoms with E-state index in [0.29, 0.717) is 17.0 Å². The molecule has 0 aliphatic heterocycles. The summed E-state index contributed by atoms with van der Waals surface area (Å²) in [5.74, 6) is -0.0385. The molecule has 0 radical (unpaired) electrons. The SMILES string of the molecule is CCCCCCCCCCCCCCCCCCCOC(=O)CC(C)I. The first-order chi connectivity index (χ1) is 12.7. The third-order valence-electron chi connectivity index (χ3n) is 4.96. The molecule has 0 amide bonds. The lowest BCUT2D eigenvalue weighted by Crippen LogP contribution is -2.09. The minimum Gasteiger partial charge on any atom is -0.466 e. The Morgan fingerprint density at radius 3 is 1.38 bits per heavy atom. The first-order valence-corrected chi connectivity index (χ1v) is 12.7. The van der Waals surface area contributed by atoms with Gasteiger partial charge in [-0.25, -0.2) is 0 Å². The molecule has 3 heteroatoms. The van der Waals surface area contributed by atoms with Crippen molar-refractivity contribution < 1.29 is 9.53 Å². The third-order valence-corrected chi connectivity index (χ3v) is 5.40. The summed E-state index contributed by atoms with van der Waals surface area (Å²) in [4.78, 5) is 11.4. The summed E-state index contributed by atoms with van der Waals surface area (Å²) in [5.41, 5.74) is 0. The van der Waals surface area contributed by atoms with Gasteiger partial charge in [-0.2, -0.15) is 0 Å². The lowest BCUT2D eigenvalue weighted by Gasteiger charge is -2.06. The number of ether oxygens (including phenoxy) is 1. The predicted octanol–water partition coefficient (Wildman–Crippen LogP) is 8.39. The van der Waals surface area contributed by atoms with Crippen LogP contribution in [0.3, 0.4) is 0 Å². The van der Waals surface area contributed by atoms with Crippen molar-refractivity contribution in [3.05, 3.63) is 0 Å². The Kier molecular flexibility index (Phi) is 21.7. The molecule has 0 aromatic carbocycles. The summed E-state index contributed by atoms with van der Waals surface area (Å²) in [7, 11) is 0. The molecule has 0 aliphatic rings. The molecule has 0 spiro atoms. The zero-order chi connectivity index (χ0) is 19.3. The Morgan fingerprint density at radius 1 is 0.692 bits per heavy atom. The van der Waals surface area contributed by atoms with Gasteiger partial charge in [-0.1, -0.05) is 139 Å². The molecule has 0 N–H and O–H groups in total. The highest BCUT2D eigenvalue weighted by molar-refractivity contribution is 14.1. The van der Waals surface area contributed by atoms with E-state index in [9.17, 15) is 4.79 Å². The van der Waals surface area contributed by atoms with Crippen LogP contribution in [-0.4, -0.2) is 16.5 Å². The van der Waals surface area contributed by atoms with Gasteiger partial charge in [0, 0.05) is 3.92 Å². The van der Waals surface area contributed by atoms with Crippen LogP contribution in [-0.2, 0) is 9.53 Å². The normalized spacial score (nSPS) is 12.3. The number of alkyl halides is 1. The van der Waals surface area contributed by atoms with Gasteiger partial charge >= 0.3 is 5.97 Å². The number of esters is 1. The van der Waals surface area contributed by atoms with Crippen molar-refractivity contribution in [2.75, 3.05) is 6.61 Å². The van der Waals surface area contributed by atoms with E-state index in [-0.39, 0.29) is 5.97 Å². The van der Waals surface area contributed by atoms with E-state index in [0.717, 1.165) is 6.42 Å². The molecule has 26 heavy (non-hydrogen) atoms. The van der Waals surface area contributed by atoms with Gasteiger partial charge in [0.2, 0.25) is 0 Å². The number of carbonyl (C=O) groups is 1. The Labute approximate surface area is 177 Å². The zero-order valence-corrected chi connectivity index (χ0v) is 19.9. The number of hydrogen-bond acceptors (Lipinski definition) is 2. The van der Waals surface area contributed by atoms with Gasteiger partial charge in [0.1, 0.15) is 0 Å². The molecule has 0 heterocycles. The summed E-state index contributed by atoms with van der Waals surface area (Å²) in [5, 5.41) is 0. The maximum absolute atomic E-state index is 11.4. The lowest BCUT2D eigenvalue weighted by molar-refractivity contribution is -0.143. The fourth-order valence-corrected chi connectivity index (χ4v) is 3.66. The van der Waals surface area contributed by atoms with Crippen LogP contribution in [0.2, 0.25) is 0 Å². The maximum Gasteiger partial charge on any atom is 0.306 e. The van der Waals surface area contributed by atoms with E-state index in [1.807, 2.05) is 6.92 Å². The quantitative estimate of drug-likeness (QED) is 0.0757. The average molecular weight is 481 g/mol. The van der Waals surface area contributed by atoms with Crippen molar-refractivity contribution in [2.24, 2.45) is 0 Å². The van der Waals surface area contributed by atoms with Crippen LogP contribution in [0.4, 0.5) is 0 Å². The summed E-state index contributed by atoms with van der Waals surface area (Å²) < 4.78 is 5.60. The van der Waals surface area contributed by atoms with Crippen LogP contribution in [0, 0.1) is 0 Å². The van der Waals surface area contributed by atoms with Crippen molar-refractivity contribution in [1.82, 2.24) is 0 Å². The highest BCUT2D eigenvalue weighted by Gasteiger charge is 2.06. The second kappa shape index (κ2) is 21.5. The number of carbonyl (C=O) groups excluding carboxylic acids is 1. The van der Waals surface area contributed by atoms with E-state index in [1.54, 1.807) is 0 Å². The molecule has 0 rings (SSSR count). The zero-order valence-electron chi connectivity index (χ0n) is 17.7. The average Bonchev–Trinajstić information content (AvgIpc) is 2.60. The van der Waals surface area contributed by atoms with Crippen molar-refractivity contribution in [1.29, 1.82) is 0 Å². The summed E-state index contributed by atoms with van der Waals surface area (Å²) in [6, 6.07) is 0. The highest BCUT2D eigenvalue weighted by Crippen LogP contribution is 2.14. The minimum atomic E-state index is -0.0385. The first kappa shape index (κ1) is 26.2. The molecular formula is C23H45IO2. The summed E-state index contributed by atoms with van der Waals surface area (Å²) in [6.45, 7) is 4.94. The molecule has 1 unspecified atom stereocenters. The highest BCUT2D eigenvalue weighted by atomic mass is 127. The molecule has 0 bridgehead atoms. The monoisotopic (exact) mass is 480 g/mol. The Bertz CT molecular complexity index is 292. The lowest BCUT2D eigenvalue weighted by atomic mass is 10.0. The molecule has 0 aromatic rings. The van der Waals surface area contributed by atoms with Crippen molar-refractivity contribution >= 4 is 28.6 Å². The summed E-state index contributed by atoms with van der Waals surface area (Å²) >= 11 is 2.26. The Morgan fingerprint density at radius 2 is 1.04 bits per heavy atom. The molecule has 0 aromatic heterocycles. The largest absolute Gasteiger partial charge is 0.466 e. The fourth-order valence-electron chi connectivity index (χ4n) is 3.30. The minimum absolute atomic E-state index is 0.0385. The van der Waals surface area contributed by atoms with Crippen LogP contribution < -0.4 is 0 Å². The van der Waals surface area contributed by atoms with E-state index in [1.165, 1.54) is 103 Å². The third kappa shape index (κ3) is 22.2. The van der Waals surface area contributed by atoms with E-state index >= 15 is 0 Å². The van der Waals surface area contributed by atoms with E-state index in [4.69, 9.17) is 4.74 Å². The van der Waals surface area contributed by atoms with E-state index < -0.39 is 0 Å². The van der Waals surface area contributed by atoms with Gasteiger partial charge in [0.25, 0.3) is 0 Å². The van der Waals surface area contributed by atoms with Gasteiger partial charge in [-0.15, -0.1) is 0 Å². The molecule has 0 saturated heterocycles. The van der Waals surface area contributed by atoms with Crippen LogP contribution in [0.5, 0.6) is 0 Å². The molecule has 2 nitrogen and oxygen atoms in total. The van der Waals surface area contributed by atoms with Gasteiger partial charge in [0.15, 0.2) is 0 Å². The maximum atomic E-state index is 11.4. The van der Waals surface area contributed by atoms with Crippen LogP contribution in [0.15, 0.2) is 0 Å². The van der Waals surface area contributed by atoms with Gasteiger partial charge in [0.05, 0.1) is 13.0 Å². The predicted molar refractivity (Wildman–Crippen MR) is 123 cm³/mol. The Balaban J connectivity index is 3.06. The van der Waals surface area contributed by atoms with Crippen molar-refractivity contribution in [3.63, 3.8) is 0 Å². The number of unbranched alkanes of at least 4 members (excludes halogenated alkanes) is 16. The van der Waals surface area contributed by atoms with Crippen LogP contribution in [0.1, 0.15) is 129 Å². The van der Waals surface area contributed by atoms with Gasteiger partial charge < -0.3 is 4.74 Å². The topological polar surface area (TPSA) is 26.3 Å². The Hall–Kier alpha value is 0.200. The fraction of sp³-hybridized carbons (Fsp3) is 0.957. The second-order valence-corrected chi connectivity index (χ2v) is 9.99. The van der Waals surface area contributed by atoms with Gasteiger partial charge in [-0.3, -0.25) is 4.79 Å². The number of halogens is 1. The molecule has 0 fully saturated rings. The number of rotatable bonds is 20. The first-order valence-electron chi connectivity index (χ1n) is 11.5. The molecular weight excluding hydrogens is 435 g/mol. The molecule has 156 valence electrons. The molecule has 0 saturated carbocycles. The molecule has 0 aliphatic carbocycles. The van der Waals surface area contributed by atoms with Crippen LogP contribution >= 0.6 is 22.6 Å². The van der Waals surface area contributed by atoms with Crippen LogP contribution in [0.25, 0.3) is 0 Å². The van der Waals surface area contributed by atoms with Crippen molar-refractivity contribution in [2.45, 2.75) is 133 Å². The van der Waals surface area contributed by atoms with Gasteiger partial charge in [-0.05, 0) is 6.42 Å². The van der Waals surface area contributed by atoms with E-state index in [2.05, 4.69) is 29.5 Å². The standard InChI is InChI=1S/C23H45IO2/c1-3-4-5-6-7-8-9-10-11-12-13-14-15-16-17-18-19-20-26-23(25)21-22(2)24/h22H,3-21H2,1-2H3. The van der Waals surface area contributed by atoms with Crippen molar-refractivity contribution in [3.8, 4) is 0 Å². The summed E-state index contributed by atoms with van der Waals surface area (Å²) in [6.07, 6.45) is 24.0. The second-order valence-electron chi connectivity index (χ2n) is 7.86. The number of hydrogen-bond donors (Lipinski definition) is 0. The molecule has 1 atom stereocenters. The smallest absolute Gasteiger partial charge is 0.306 e.